The Hall–Kier alpha value is -0.640. The SMILES string of the molecule is CC1(C)CCCC1c1n[nH]c(=S)n1C(C)(C)C. The Morgan fingerprint density at radius 2 is 2.06 bits per heavy atom. The van der Waals surface area contributed by atoms with E-state index in [4.69, 9.17) is 12.2 Å². The number of H-pyrrole nitrogens is 1. The van der Waals surface area contributed by atoms with Gasteiger partial charge in [0.2, 0.25) is 0 Å². The maximum absolute atomic E-state index is 5.38. The number of nitrogens with one attached hydrogen (secondary N) is 1. The standard InChI is InChI=1S/C13H23N3S/c1-12(2,3)16-10(14-15-11(16)17)9-7-6-8-13(9,4)5/h9H,6-8H2,1-5H3,(H,15,17). The lowest BCUT2D eigenvalue weighted by molar-refractivity contribution is 0.290. The van der Waals surface area contributed by atoms with Crippen molar-refractivity contribution in [1.82, 2.24) is 14.8 Å². The molecule has 17 heavy (non-hydrogen) atoms. The van der Waals surface area contributed by atoms with Crippen LogP contribution in [0.5, 0.6) is 0 Å². The second kappa shape index (κ2) is 3.94. The van der Waals surface area contributed by atoms with Crippen molar-refractivity contribution >= 4 is 12.2 Å². The van der Waals surface area contributed by atoms with Crippen LogP contribution in [-0.2, 0) is 5.54 Å². The minimum Gasteiger partial charge on any atom is -0.299 e. The van der Waals surface area contributed by atoms with Crippen molar-refractivity contribution in [2.45, 2.75) is 65.3 Å². The Labute approximate surface area is 109 Å². The summed E-state index contributed by atoms with van der Waals surface area (Å²) in [5, 5.41) is 7.48. The lowest BCUT2D eigenvalue weighted by Gasteiger charge is -2.30. The Kier molecular flexibility index (Phi) is 2.97. The molecule has 1 aromatic rings. The average molecular weight is 253 g/mol. The number of aromatic nitrogens is 3. The first kappa shape index (κ1) is 12.8. The molecule has 0 amide bonds. The maximum atomic E-state index is 5.38. The summed E-state index contributed by atoms with van der Waals surface area (Å²) in [4.78, 5) is 0. The highest BCUT2D eigenvalue weighted by molar-refractivity contribution is 7.71. The smallest absolute Gasteiger partial charge is 0.195 e. The summed E-state index contributed by atoms with van der Waals surface area (Å²) < 4.78 is 2.94. The highest BCUT2D eigenvalue weighted by atomic mass is 32.1. The van der Waals surface area contributed by atoms with Crippen molar-refractivity contribution in [1.29, 1.82) is 0 Å². The molecule has 4 heteroatoms. The summed E-state index contributed by atoms with van der Waals surface area (Å²) in [5.41, 5.74) is 0.335. The van der Waals surface area contributed by atoms with Gasteiger partial charge in [-0.1, -0.05) is 20.3 Å². The second-order valence-corrected chi connectivity index (χ2v) is 7.21. The van der Waals surface area contributed by atoms with Gasteiger partial charge in [0, 0.05) is 11.5 Å². The van der Waals surface area contributed by atoms with Gasteiger partial charge in [-0.2, -0.15) is 5.10 Å². The number of hydrogen-bond acceptors (Lipinski definition) is 2. The van der Waals surface area contributed by atoms with Gasteiger partial charge in [0.15, 0.2) is 4.77 Å². The molecule has 0 aromatic carbocycles. The summed E-state index contributed by atoms with van der Waals surface area (Å²) in [5.74, 6) is 1.67. The summed E-state index contributed by atoms with van der Waals surface area (Å²) in [6.07, 6.45) is 3.80. The fourth-order valence-electron chi connectivity index (χ4n) is 3.00. The largest absolute Gasteiger partial charge is 0.299 e. The predicted octanol–water partition coefficient (Wildman–Crippen LogP) is 3.99. The van der Waals surface area contributed by atoms with Crippen LogP contribution in [-0.4, -0.2) is 14.8 Å². The molecular weight excluding hydrogens is 230 g/mol. The van der Waals surface area contributed by atoms with Crippen LogP contribution in [0, 0.1) is 10.2 Å². The van der Waals surface area contributed by atoms with Crippen LogP contribution in [0.4, 0.5) is 0 Å². The van der Waals surface area contributed by atoms with Gasteiger partial charge in [0.1, 0.15) is 5.82 Å². The molecule has 0 bridgehead atoms. The first-order valence-electron chi connectivity index (χ1n) is 6.41. The van der Waals surface area contributed by atoms with Crippen LogP contribution in [0.3, 0.4) is 0 Å². The fraction of sp³-hybridized carbons (Fsp3) is 0.846. The van der Waals surface area contributed by atoms with Crippen LogP contribution in [0.15, 0.2) is 0 Å². The van der Waals surface area contributed by atoms with E-state index >= 15 is 0 Å². The molecule has 96 valence electrons. The summed E-state index contributed by atoms with van der Waals surface area (Å²) in [6, 6.07) is 0. The molecular formula is C13H23N3S. The van der Waals surface area contributed by atoms with Crippen LogP contribution in [0.2, 0.25) is 0 Å². The molecule has 0 saturated heterocycles. The van der Waals surface area contributed by atoms with E-state index in [0.717, 1.165) is 10.6 Å². The molecule has 0 spiro atoms. The van der Waals surface area contributed by atoms with Crippen LogP contribution >= 0.6 is 12.2 Å². The van der Waals surface area contributed by atoms with E-state index in [1.54, 1.807) is 0 Å². The minimum absolute atomic E-state index is 0.00190. The Morgan fingerprint density at radius 1 is 1.41 bits per heavy atom. The zero-order valence-corrected chi connectivity index (χ0v) is 12.3. The molecule has 0 radical (unpaired) electrons. The topological polar surface area (TPSA) is 33.6 Å². The highest BCUT2D eigenvalue weighted by Gasteiger charge is 2.39. The van der Waals surface area contributed by atoms with Crippen LogP contribution < -0.4 is 0 Å². The normalized spacial score (nSPS) is 24.2. The number of nitrogens with zero attached hydrogens (tertiary/aromatic N) is 2. The van der Waals surface area contributed by atoms with Gasteiger partial charge in [-0.05, 0) is 51.2 Å². The number of hydrogen-bond donors (Lipinski definition) is 1. The van der Waals surface area contributed by atoms with Gasteiger partial charge in [0.25, 0.3) is 0 Å². The van der Waals surface area contributed by atoms with Gasteiger partial charge in [0.05, 0.1) is 0 Å². The van der Waals surface area contributed by atoms with E-state index in [9.17, 15) is 0 Å². The second-order valence-electron chi connectivity index (χ2n) is 6.83. The molecule has 1 aromatic heterocycles. The lowest BCUT2D eigenvalue weighted by Crippen LogP contribution is -2.28. The Morgan fingerprint density at radius 3 is 2.53 bits per heavy atom. The van der Waals surface area contributed by atoms with Crippen LogP contribution in [0.1, 0.15) is 65.6 Å². The molecule has 1 atom stereocenters. The molecule has 1 fully saturated rings. The monoisotopic (exact) mass is 253 g/mol. The van der Waals surface area contributed by atoms with Crippen molar-refractivity contribution in [2.24, 2.45) is 5.41 Å². The molecule has 1 heterocycles. The number of rotatable bonds is 1. The Bertz CT molecular complexity index is 462. The van der Waals surface area contributed by atoms with Crippen molar-refractivity contribution in [2.75, 3.05) is 0 Å². The molecule has 1 N–H and O–H groups in total. The zero-order valence-electron chi connectivity index (χ0n) is 11.5. The lowest BCUT2D eigenvalue weighted by atomic mass is 9.81. The van der Waals surface area contributed by atoms with Gasteiger partial charge in [-0.3, -0.25) is 9.67 Å². The molecule has 1 saturated carbocycles. The van der Waals surface area contributed by atoms with Gasteiger partial charge in [-0.15, -0.1) is 0 Å². The quantitative estimate of drug-likeness (QED) is 0.768. The summed E-state index contributed by atoms with van der Waals surface area (Å²) in [6.45, 7) is 11.2. The summed E-state index contributed by atoms with van der Waals surface area (Å²) >= 11 is 5.38. The molecule has 1 aliphatic carbocycles. The van der Waals surface area contributed by atoms with Crippen molar-refractivity contribution < 1.29 is 0 Å². The predicted molar refractivity (Wildman–Crippen MR) is 72.8 cm³/mol. The fourth-order valence-corrected chi connectivity index (χ4v) is 3.41. The van der Waals surface area contributed by atoms with E-state index in [0.29, 0.717) is 11.3 Å². The van der Waals surface area contributed by atoms with Crippen molar-refractivity contribution in [3.8, 4) is 0 Å². The molecule has 0 aliphatic heterocycles. The third kappa shape index (κ3) is 2.19. The van der Waals surface area contributed by atoms with E-state index in [-0.39, 0.29) is 5.54 Å². The zero-order chi connectivity index (χ0) is 12.8. The first-order chi connectivity index (χ1) is 7.73. The third-order valence-corrected chi connectivity index (χ3v) is 4.21. The van der Waals surface area contributed by atoms with Gasteiger partial charge < -0.3 is 0 Å². The molecule has 1 aliphatic rings. The Balaban J connectivity index is 2.51. The van der Waals surface area contributed by atoms with E-state index < -0.39 is 0 Å². The number of aromatic amines is 1. The van der Waals surface area contributed by atoms with E-state index in [1.165, 1.54) is 19.3 Å². The van der Waals surface area contributed by atoms with E-state index in [2.05, 4.69) is 49.4 Å². The van der Waals surface area contributed by atoms with Gasteiger partial charge in [-0.25, -0.2) is 0 Å². The van der Waals surface area contributed by atoms with E-state index in [1.807, 2.05) is 0 Å². The van der Waals surface area contributed by atoms with Crippen molar-refractivity contribution in [3.63, 3.8) is 0 Å². The average Bonchev–Trinajstić information content (AvgIpc) is 2.67. The van der Waals surface area contributed by atoms with Crippen LogP contribution in [0.25, 0.3) is 0 Å². The highest BCUT2D eigenvalue weighted by Crippen LogP contribution is 2.48. The molecule has 2 rings (SSSR count). The summed E-state index contributed by atoms with van der Waals surface area (Å²) in [7, 11) is 0. The molecule has 3 nitrogen and oxygen atoms in total. The first-order valence-corrected chi connectivity index (χ1v) is 6.82. The molecule has 1 unspecified atom stereocenters. The van der Waals surface area contributed by atoms with Crippen molar-refractivity contribution in [3.05, 3.63) is 10.6 Å². The van der Waals surface area contributed by atoms with Gasteiger partial charge >= 0.3 is 0 Å². The third-order valence-electron chi connectivity index (χ3n) is 3.94. The minimum atomic E-state index is -0.00190. The maximum Gasteiger partial charge on any atom is 0.195 e.